The van der Waals surface area contributed by atoms with Gasteiger partial charge in [0, 0.05) is 15.8 Å². The number of aliphatic hydroxyl groups is 1. The first-order chi connectivity index (χ1) is 7.18. The predicted molar refractivity (Wildman–Crippen MR) is 65.3 cm³/mol. The summed E-state index contributed by atoms with van der Waals surface area (Å²) < 4.78 is 4.87. The Morgan fingerprint density at radius 1 is 1.60 bits per heavy atom. The van der Waals surface area contributed by atoms with E-state index in [0.717, 1.165) is 19.9 Å². The van der Waals surface area contributed by atoms with Gasteiger partial charge in [-0.3, -0.25) is 0 Å². The molecule has 1 unspecified atom stereocenters. The van der Waals surface area contributed by atoms with E-state index in [1.54, 1.807) is 11.3 Å². The van der Waals surface area contributed by atoms with Crippen molar-refractivity contribution < 1.29 is 5.11 Å². The van der Waals surface area contributed by atoms with E-state index < -0.39 is 6.10 Å². The van der Waals surface area contributed by atoms with E-state index in [0.29, 0.717) is 6.42 Å². The summed E-state index contributed by atoms with van der Waals surface area (Å²) in [7, 11) is 0. The Bertz CT molecular complexity index is 454. The Morgan fingerprint density at radius 2 is 2.40 bits per heavy atom. The van der Waals surface area contributed by atoms with Crippen molar-refractivity contribution in [1.29, 1.82) is 0 Å². The number of rotatable bonds is 3. The second-order valence-electron chi connectivity index (χ2n) is 3.13. The molecule has 0 fully saturated rings. The fourth-order valence-electron chi connectivity index (χ4n) is 1.28. The van der Waals surface area contributed by atoms with Crippen LogP contribution in [0.5, 0.6) is 0 Å². The number of aromatic nitrogens is 2. The number of hydrogen-bond donors (Lipinski definition) is 1. The van der Waals surface area contributed by atoms with Gasteiger partial charge in [-0.25, -0.2) is 0 Å². The highest BCUT2D eigenvalue weighted by atomic mass is 79.9. The van der Waals surface area contributed by atoms with Gasteiger partial charge in [-0.2, -0.15) is 0 Å². The van der Waals surface area contributed by atoms with Gasteiger partial charge in [-0.1, -0.05) is 4.49 Å². The first-order valence-corrected chi connectivity index (χ1v) is 6.82. The molecule has 0 aromatic carbocycles. The number of nitrogens with zero attached hydrogens (tertiary/aromatic N) is 2. The summed E-state index contributed by atoms with van der Waals surface area (Å²) in [6, 6.07) is 1.99. The molecule has 0 radical (unpaired) electrons. The largest absolute Gasteiger partial charge is 0.387 e. The van der Waals surface area contributed by atoms with Crippen molar-refractivity contribution in [3.63, 3.8) is 0 Å². The van der Waals surface area contributed by atoms with Crippen LogP contribution in [0, 0.1) is 6.92 Å². The van der Waals surface area contributed by atoms with Crippen molar-refractivity contribution in [2.75, 3.05) is 0 Å². The fraction of sp³-hybridized carbons (Fsp3) is 0.333. The third-order valence-electron chi connectivity index (χ3n) is 2.06. The van der Waals surface area contributed by atoms with Crippen molar-refractivity contribution in [2.24, 2.45) is 0 Å². The van der Waals surface area contributed by atoms with Gasteiger partial charge in [0.05, 0.1) is 16.7 Å². The molecule has 2 aromatic rings. The van der Waals surface area contributed by atoms with Crippen molar-refractivity contribution in [3.05, 3.63) is 31.4 Å². The minimum atomic E-state index is -0.500. The van der Waals surface area contributed by atoms with E-state index in [1.165, 1.54) is 11.5 Å². The Kier molecular flexibility index (Phi) is 3.50. The first-order valence-electron chi connectivity index (χ1n) is 4.37. The molecule has 0 spiro atoms. The quantitative estimate of drug-likeness (QED) is 0.948. The number of aryl methyl sites for hydroxylation is 1. The van der Waals surface area contributed by atoms with Gasteiger partial charge in [0.15, 0.2) is 0 Å². The first kappa shape index (κ1) is 11.2. The molecule has 0 bridgehead atoms. The summed E-state index contributed by atoms with van der Waals surface area (Å²) >= 11 is 6.35. The maximum atomic E-state index is 10.0. The maximum Gasteiger partial charge on any atom is 0.0965 e. The Labute approximate surface area is 104 Å². The van der Waals surface area contributed by atoms with Crippen LogP contribution in [0.25, 0.3) is 0 Å². The molecule has 0 aliphatic rings. The van der Waals surface area contributed by atoms with Gasteiger partial charge in [0.25, 0.3) is 0 Å². The normalized spacial score (nSPS) is 13.0. The van der Waals surface area contributed by atoms with Gasteiger partial charge in [-0.15, -0.1) is 16.4 Å². The van der Waals surface area contributed by atoms with Gasteiger partial charge < -0.3 is 5.11 Å². The van der Waals surface area contributed by atoms with E-state index in [-0.39, 0.29) is 0 Å². The molecule has 0 amide bonds. The summed E-state index contributed by atoms with van der Waals surface area (Å²) in [6.45, 7) is 1.87. The van der Waals surface area contributed by atoms with Crippen LogP contribution in [0.4, 0.5) is 0 Å². The SMILES string of the molecule is Cc1nnsc1C(O)Cc1sccc1Br. The lowest BCUT2D eigenvalue weighted by molar-refractivity contribution is 0.182. The zero-order chi connectivity index (χ0) is 10.8. The van der Waals surface area contributed by atoms with Crippen molar-refractivity contribution in [1.82, 2.24) is 9.59 Å². The van der Waals surface area contributed by atoms with Gasteiger partial charge in [0.1, 0.15) is 0 Å². The second-order valence-corrected chi connectivity index (χ2v) is 5.77. The second kappa shape index (κ2) is 4.69. The topological polar surface area (TPSA) is 46.0 Å². The molecular weight excluding hydrogens is 296 g/mol. The maximum absolute atomic E-state index is 10.0. The van der Waals surface area contributed by atoms with Crippen LogP contribution in [0.15, 0.2) is 15.9 Å². The van der Waals surface area contributed by atoms with E-state index in [2.05, 4.69) is 25.5 Å². The highest BCUT2D eigenvalue weighted by molar-refractivity contribution is 9.10. The number of hydrogen-bond acceptors (Lipinski definition) is 5. The Hall–Kier alpha value is -0.300. The van der Waals surface area contributed by atoms with Crippen LogP contribution >= 0.6 is 38.8 Å². The Balaban J connectivity index is 2.14. The van der Waals surface area contributed by atoms with Crippen LogP contribution in [-0.2, 0) is 6.42 Å². The molecule has 2 rings (SSSR count). The molecular formula is C9H9BrN2OS2. The predicted octanol–water partition coefficient (Wildman–Crippen LogP) is 2.95. The highest BCUT2D eigenvalue weighted by Crippen LogP contribution is 2.29. The lowest BCUT2D eigenvalue weighted by atomic mass is 10.2. The van der Waals surface area contributed by atoms with Crippen molar-refractivity contribution >= 4 is 38.8 Å². The summed E-state index contributed by atoms with van der Waals surface area (Å²) in [5, 5.41) is 15.9. The van der Waals surface area contributed by atoms with Crippen molar-refractivity contribution in [2.45, 2.75) is 19.4 Å². The van der Waals surface area contributed by atoms with Crippen LogP contribution in [0.1, 0.15) is 21.6 Å². The summed E-state index contributed by atoms with van der Waals surface area (Å²) in [4.78, 5) is 2.01. The average molecular weight is 305 g/mol. The molecule has 0 saturated heterocycles. The molecule has 2 heterocycles. The van der Waals surface area contributed by atoms with Crippen LogP contribution in [0.2, 0.25) is 0 Å². The Morgan fingerprint density at radius 3 is 2.93 bits per heavy atom. The molecule has 0 saturated carbocycles. The molecule has 80 valence electrons. The summed E-state index contributed by atoms with van der Waals surface area (Å²) in [6.07, 6.45) is 0.114. The average Bonchev–Trinajstić information content (AvgIpc) is 2.76. The van der Waals surface area contributed by atoms with E-state index in [4.69, 9.17) is 0 Å². The van der Waals surface area contributed by atoms with Crippen molar-refractivity contribution in [3.8, 4) is 0 Å². The molecule has 3 nitrogen and oxygen atoms in total. The zero-order valence-corrected chi connectivity index (χ0v) is 11.2. The smallest absolute Gasteiger partial charge is 0.0965 e. The number of aliphatic hydroxyl groups excluding tert-OH is 1. The summed E-state index contributed by atoms with van der Waals surface area (Å²) in [5.41, 5.74) is 0.820. The zero-order valence-electron chi connectivity index (χ0n) is 7.98. The molecule has 1 atom stereocenters. The molecule has 1 N–H and O–H groups in total. The van der Waals surface area contributed by atoms with E-state index in [1.807, 2.05) is 18.4 Å². The van der Waals surface area contributed by atoms with E-state index >= 15 is 0 Å². The molecule has 0 aliphatic heterocycles. The molecule has 15 heavy (non-hydrogen) atoms. The fourth-order valence-corrected chi connectivity index (χ4v) is 3.46. The molecule has 2 aromatic heterocycles. The standard InChI is InChI=1S/C9H9BrN2OS2/c1-5-9(15-12-11-5)7(13)4-8-6(10)2-3-14-8/h2-3,7,13H,4H2,1H3. The number of thiophene rings is 1. The minimum absolute atomic E-state index is 0.500. The monoisotopic (exact) mass is 304 g/mol. The third-order valence-corrected chi connectivity index (χ3v) is 4.94. The summed E-state index contributed by atoms with van der Waals surface area (Å²) in [5.74, 6) is 0. The van der Waals surface area contributed by atoms with Crippen LogP contribution in [0.3, 0.4) is 0 Å². The van der Waals surface area contributed by atoms with E-state index in [9.17, 15) is 5.11 Å². The minimum Gasteiger partial charge on any atom is -0.387 e. The third kappa shape index (κ3) is 2.44. The van der Waals surface area contributed by atoms with Gasteiger partial charge >= 0.3 is 0 Å². The molecule has 6 heteroatoms. The number of halogens is 1. The lowest BCUT2D eigenvalue weighted by Gasteiger charge is -2.07. The lowest BCUT2D eigenvalue weighted by Crippen LogP contribution is -2.00. The van der Waals surface area contributed by atoms with Crippen LogP contribution in [-0.4, -0.2) is 14.7 Å². The van der Waals surface area contributed by atoms with Gasteiger partial charge in [0.2, 0.25) is 0 Å². The van der Waals surface area contributed by atoms with Gasteiger partial charge in [-0.05, 0) is 45.8 Å². The molecule has 0 aliphatic carbocycles. The highest BCUT2D eigenvalue weighted by Gasteiger charge is 2.16. The van der Waals surface area contributed by atoms with Crippen LogP contribution < -0.4 is 0 Å².